The predicted octanol–water partition coefficient (Wildman–Crippen LogP) is 0.287. The van der Waals surface area contributed by atoms with Gasteiger partial charge in [-0.3, -0.25) is 14.9 Å². The number of hydrogen-bond acceptors (Lipinski definition) is 6. The van der Waals surface area contributed by atoms with Gasteiger partial charge in [-0.1, -0.05) is 0 Å². The van der Waals surface area contributed by atoms with E-state index in [2.05, 4.69) is 10.3 Å². The molecule has 0 radical (unpaired) electrons. The van der Waals surface area contributed by atoms with Crippen LogP contribution in [0.1, 0.15) is 13.3 Å². The van der Waals surface area contributed by atoms with Crippen LogP contribution in [0.15, 0.2) is 12.1 Å². The highest BCUT2D eigenvalue weighted by Crippen LogP contribution is 2.25. The molecule has 1 amide bonds. The molecule has 0 spiro atoms. The molecule has 1 unspecified atom stereocenters. The lowest BCUT2D eigenvalue weighted by Crippen LogP contribution is -2.35. The highest BCUT2D eigenvalue weighted by Gasteiger charge is 2.25. The van der Waals surface area contributed by atoms with Crippen LogP contribution in [0.2, 0.25) is 0 Å². The van der Waals surface area contributed by atoms with Crippen LogP contribution in [0, 0.1) is 10.1 Å². The molecule has 2 rings (SSSR count). The number of hydrogen-bond donors (Lipinski definition) is 2. The van der Waals surface area contributed by atoms with Crippen LogP contribution in [0.3, 0.4) is 0 Å². The molecule has 1 aliphatic heterocycles. The molecular formula is C11H15N5O3. The van der Waals surface area contributed by atoms with Crippen molar-refractivity contribution in [1.82, 2.24) is 10.3 Å². The summed E-state index contributed by atoms with van der Waals surface area (Å²) < 4.78 is 0. The number of pyridine rings is 1. The Bertz CT molecular complexity index is 519. The molecule has 2 heterocycles. The fourth-order valence-electron chi connectivity index (χ4n) is 2.16. The quantitative estimate of drug-likeness (QED) is 0.599. The Morgan fingerprint density at radius 3 is 2.95 bits per heavy atom. The van der Waals surface area contributed by atoms with Gasteiger partial charge in [0, 0.05) is 32.1 Å². The zero-order valence-corrected chi connectivity index (χ0v) is 10.5. The van der Waals surface area contributed by atoms with E-state index in [0.29, 0.717) is 12.4 Å². The van der Waals surface area contributed by atoms with E-state index in [1.807, 2.05) is 4.90 Å². The van der Waals surface area contributed by atoms with Gasteiger partial charge in [-0.05, 0) is 12.5 Å². The Kier molecular flexibility index (Phi) is 3.50. The Morgan fingerprint density at radius 2 is 2.37 bits per heavy atom. The summed E-state index contributed by atoms with van der Waals surface area (Å²) in [6.07, 6.45) is 0.818. The molecule has 1 atom stereocenters. The largest absolute Gasteiger partial charge is 0.378 e. The van der Waals surface area contributed by atoms with Gasteiger partial charge in [-0.25, -0.2) is 4.98 Å². The highest BCUT2D eigenvalue weighted by molar-refractivity contribution is 5.73. The Balaban J connectivity index is 2.09. The van der Waals surface area contributed by atoms with Gasteiger partial charge in [0.25, 0.3) is 0 Å². The molecule has 1 aliphatic rings. The number of carbonyl (C=O) groups is 1. The second kappa shape index (κ2) is 5.09. The highest BCUT2D eigenvalue weighted by atomic mass is 16.6. The van der Waals surface area contributed by atoms with Gasteiger partial charge in [0.15, 0.2) is 0 Å². The minimum Gasteiger partial charge on any atom is -0.378 e. The van der Waals surface area contributed by atoms with Gasteiger partial charge < -0.3 is 16.0 Å². The van der Waals surface area contributed by atoms with Crippen molar-refractivity contribution in [3.05, 3.63) is 22.2 Å². The van der Waals surface area contributed by atoms with Crippen LogP contribution in [-0.4, -0.2) is 34.9 Å². The summed E-state index contributed by atoms with van der Waals surface area (Å²) in [5, 5.41) is 13.5. The lowest BCUT2D eigenvalue weighted by molar-refractivity contribution is -0.384. The van der Waals surface area contributed by atoms with Gasteiger partial charge in [-0.2, -0.15) is 0 Å². The van der Waals surface area contributed by atoms with Gasteiger partial charge in [0.05, 0.1) is 4.92 Å². The SMILES string of the molecule is CC(=O)NC1CCN(c2ccc([N+](=O)[O-])c(N)n2)C1. The third kappa shape index (κ3) is 2.90. The lowest BCUT2D eigenvalue weighted by Gasteiger charge is -2.17. The predicted molar refractivity (Wildman–Crippen MR) is 69.7 cm³/mol. The van der Waals surface area contributed by atoms with E-state index in [4.69, 9.17) is 5.73 Å². The molecule has 19 heavy (non-hydrogen) atoms. The third-order valence-electron chi connectivity index (χ3n) is 3.00. The molecule has 0 saturated carbocycles. The van der Waals surface area contributed by atoms with Crippen molar-refractivity contribution < 1.29 is 9.72 Å². The number of rotatable bonds is 3. The van der Waals surface area contributed by atoms with E-state index in [9.17, 15) is 14.9 Å². The number of anilines is 2. The molecule has 0 aliphatic carbocycles. The second-order valence-electron chi connectivity index (χ2n) is 4.46. The average Bonchev–Trinajstić information content (AvgIpc) is 2.75. The summed E-state index contributed by atoms with van der Waals surface area (Å²) in [5.74, 6) is 0.435. The molecule has 102 valence electrons. The zero-order valence-electron chi connectivity index (χ0n) is 10.5. The van der Waals surface area contributed by atoms with E-state index in [0.717, 1.165) is 13.0 Å². The number of nitro groups is 1. The van der Waals surface area contributed by atoms with Crippen molar-refractivity contribution in [3.8, 4) is 0 Å². The lowest BCUT2D eigenvalue weighted by atomic mass is 10.2. The number of carbonyl (C=O) groups excluding carboxylic acids is 1. The molecule has 0 aromatic carbocycles. The summed E-state index contributed by atoms with van der Waals surface area (Å²) in [4.78, 5) is 27.1. The minimum atomic E-state index is -0.559. The van der Waals surface area contributed by atoms with Crippen LogP contribution in [0.5, 0.6) is 0 Å². The number of aromatic nitrogens is 1. The summed E-state index contributed by atoms with van der Waals surface area (Å²) >= 11 is 0. The Hall–Kier alpha value is -2.38. The van der Waals surface area contributed by atoms with E-state index >= 15 is 0 Å². The maximum Gasteiger partial charge on any atom is 0.311 e. The topological polar surface area (TPSA) is 114 Å². The number of amides is 1. The van der Waals surface area contributed by atoms with Crippen LogP contribution < -0.4 is 16.0 Å². The Morgan fingerprint density at radius 1 is 1.63 bits per heavy atom. The van der Waals surface area contributed by atoms with Gasteiger partial charge >= 0.3 is 5.69 Å². The first kappa shape index (κ1) is 13.1. The monoisotopic (exact) mass is 265 g/mol. The van der Waals surface area contributed by atoms with Gasteiger partial charge in [-0.15, -0.1) is 0 Å². The molecule has 1 aromatic heterocycles. The molecule has 3 N–H and O–H groups in total. The first-order valence-electron chi connectivity index (χ1n) is 5.90. The molecular weight excluding hydrogens is 250 g/mol. The maximum absolute atomic E-state index is 11.0. The number of nitrogen functional groups attached to an aromatic ring is 1. The van der Waals surface area contributed by atoms with Crippen molar-refractivity contribution in [3.63, 3.8) is 0 Å². The zero-order chi connectivity index (χ0) is 14.0. The normalized spacial score (nSPS) is 18.4. The molecule has 0 bridgehead atoms. The standard InChI is InChI=1S/C11H15N5O3/c1-7(17)13-8-4-5-15(6-8)10-3-2-9(16(18)19)11(12)14-10/h2-3,8H,4-6H2,1H3,(H2,12,14)(H,13,17). The first-order valence-corrected chi connectivity index (χ1v) is 5.90. The van der Waals surface area contributed by atoms with Crippen molar-refractivity contribution >= 4 is 23.2 Å². The number of nitrogens with zero attached hydrogens (tertiary/aromatic N) is 3. The molecule has 8 heteroatoms. The van der Waals surface area contributed by atoms with Crippen LogP contribution in [-0.2, 0) is 4.79 Å². The second-order valence-corrected chi connectivity index (χ2v) is 4.46. The van der Waals surface area contributed by atoms with Crippen molar-refractivity contribution in [2.24, 2.45) is 0 Å². The summed E-state index contributed by atoms with van der Waals surface area (Å²) in [6.45, 7) is 2.84. The fraction of sp³-hybridized carbons (Fsp3) is 0.455. The third-order valence-corrected chi connectivity index (χ3v) is 3.00. The van der Waals surface area contributed by atoms with Gasteiger partial charge in [0.1, 0.15) is 5.82 Å². The van der Waals surface area contributed by atoms with Crippen LogP contribution >= 0.6 is 0 Å². The van der Waals surface area contributed by atoms with Crippen molar-refractivity contribution in [1.29, 1.82) is 0 Å². The summed E-state index contributed by atoms with van der Waals surface area (Å²) in [6, 6.07) is 3.00. The number of nitrogens with two attached hydrogens (primary N) is 1. The van der Waals surface area contributed by atoms with E-state index in [1.165, 1.54) is 13.0 Å². The van der Waals surface area contributed by atoms with Crippen molar-refractivity contribution in [2.45, 2.75) is 19.4 Å². The molecule has 1 aromatic rings. The molecule has 8 nitrogen and oxygen atoms in total. The Labute approximate surface area is 109 Å². The molecule has 1 fully saturated rings. The number of nitrogens with one attached hydrogen (secondary N) is 1. The summed E-state index contributed by atoms with van der Waals surface area (Å²) in [7, 11) is 0. The van der Waals surface area contributed by atoms with Crippen molar-refractivity contribution in [2.75, 3.05) is 23.7 Å². The summed E-state index contributed by atoms with van der Waals surface area (Å²) in [5.41, 5.74) is 5.36. The first-order chi connectivity index (χ1) is 8.97. The maximum atomic E-state index is 11.0. The van der Waals surface area contributed by atoms with Gasteiger partial charge in [0.2, 0.25) is 11.7 Å². The minimum absolute atomic E-state index is 0.0666. The smallest absolute Gasteiger partial charge is 0.311 e. The van der Waals surface area contributed by atoms with E-state index in [-0.39, 0.29) is 23.5 Å². The average molecular weight is 265 g/mol. The fourth-order valence-corrected chi connectivity index (χ4v) is 2.16. The van der Waals surface area contributed by atoms with E-state index < -0.39 is 4.92 Å². The van der Waals surface area contributed by atoms with E-state index in [1.54, 1.807) is 6.07 Å². The molecule has 1 saturated heterocycles. The van der Waals surface area contributed by atoms with Crippen LogP contribution in [0.4, 0.5) is 17.3 Å². The van der Waals surface area contributed by atoms with Crippen LogP contribution in [0.25, 0.3) is 0 Å².